The molecule has 1 unspecified atom stereocenters. The number of rotatable bonds is 0. The molecule has 0 aromatic heterocycles. The van der Waals surface area contributed by atoms with Gasteiger partial charge in [-0.2, -0.15) is 0 Å². The van der Waals surface area contributed by atoms with E-state index in [9.17, 15) is 0 Å². The van der Waals surface area contributed by atoms with Gasteiger partial charge in [-0.3, -0.25) is 0 Å². The van der Waals surface area contributed by atoms with Crippen LogP contribution in [0, 0.1) is 0 Å². The van der Waals surface area contributed by atoms with E-state index < -0.39 is 0 Å². The molecule has 8 heavy (non-hydrogen) atoms. The number of hydrogen-bond donors (Lipinski definition) is 0. The van der Waals surface area contributed by atoms with Crippen molar-refractivity contribution in [1.29, 1.82) is 0 Å². The maximum Gasteiger partial charge on any atom is 0.00643 e. The fraction of sp³-hybridized carbons (Fsp3) is 1.00. The van der Waals surface area contributed by atoms with Gasteiger partial charge < -0.3 is 4.90 Å². The van der Waals surface area contributed by atoms with E-state index in [0.29, 0.717) is 0 Å². The summed E-state index contributed by atoms with van der Waals surface area (Å²) in [5, 5.41) is 0. The van der Waals surface area contributed by atoms with Crippen LogP contribution in [0.1, 0.15) is 19.8 Å². The summed E-state index contributed by atoms with van der Waals surface area (Å²) in [7, 11) is 2.19. The quantitative estimate of drug-likeness (QED) is 0.483. The predicted octanol–water partition coefficient (Wildman–Crippen LogP) is 1.10. The molecule has 1 radical (unpaired) electrons. The van der Waals surface area contributed by atoms with Gasteiger partial charge in [-0.25, -0.2) is 0 Å². The van der Waals surface area contributed by atoms with Crippen molar-refractivity contribution < 1.29 is 17.1 Å². The number of likely N-dealkylation sites (tertiary alicyclic amines) is 1. The molecule has 0 aromatic rings. The molecule has 0 N–H and O–H groups in total. The van der Waals surface area contributed by atoms with E-state index in [4.69, 9.17) is 0 Å². The summed E-state index contributed by atoms with van der Waals surface area (Å²) >= 11 is 0. The Morgan fingerprint density at radius 2 is 2.12 bits per heavy atom. The normalized spacial score (nSPS) is 30.0. The molecule has 53 valence electrons. The summed E-state index contributed by atoms with van der Waals surface area (Å²) in [6.45, 7) is 3.59. The third-order valence-electron chi connectivity index (χ3n) is 1.89. The summed E-state index contributed by atoms with van der Waals surface area (Å²) in [5.74, 6) is 0. The van der Waals surface area contributed by atoms with Crippen molar-refractivity contribution in [2.75, 3.05) is 13.6 Å². The molecule has 0 saturated carbocycles. The van der Waals surface area contributed by atoms with Crippen LogP contribution < -0.4 is 0 Å². The molecule has 1 aliphatic rings. The van der Waals surface area contributed by atoms with E-state index in [0.717, 1.165) is 6.04 Å². The van der Waals surface area contributed by atoms with Gasteiger partial charge >= 0.3 is 0 Å². The zero-order chi connectivity index (χ0) is 5.28. The standard InChI is InChI=1S/C6H13N.Cu/c1-6-4-3-5-7(6)2;/h6H,3-5H2,1-2H3;. The van der Waals surface area contributed by atoms with Crippen molar-refractivity contribution >= 4 is 0 Å². The molecule has 1 saturated heterocycles. The first-order valence-corrected chi connectivity index (χ1v) is 3.01. The molecule has 0 amide bonds. The molecule has 0 spiro atoms. The summed E-state index contributed by atoms with van der Waals surface area (Å²) in [5.41, 5.74) is 0. The fourth-order valence-electron chi connectivity index (χ4n) is 1.08. The maximum atomic E-state index is 2.40. The summed E-state index contributed by atoms with van der Waals surface area (Å²) in [6.07, 6.45) is 2.80. The van der Waals surface area contributed by atoms with Crippen molar-refractivity contribution in [2.24, 2.45) is 0 Å². The van der Waals surface area contributed by atoms with Crippen molar-refractivity contribution in [3.05, 3.63) is 0 Å². The third kappa shape index (κ3) is 1.77. The number of hydrogen-bond acceptors (Lipinski definition) is 1. The monoisotopic (exact) mass is 162 g/mol. The minimum atomic E-state index is 0. The van der Waals surface area contributed by atoms with Crippen LogP contribution in [0.4, 0.5) is 0 Å². The van der Waals surface area contributed by atoms with Crippen molar-refractivity contribution in [2.45, 2.75) is 25.8 Å². The second kappa shape index (κ2) is 3.49. The van der Waals surface area contributed by atoms with Gasteiger partial charge in [0.05, 0.1) is 0 Å². The number of nitrogens with zero attached hydrogens (tertiary/aromatic N) is 1. The molecular formula is C6H13CuN. The first-order valence-electron chi connectivity index (χ1n) is 3.01. The van der Waals surface area contributed by atoms with Crippen LogP contribution in [0.5, 0.6) is 0 Å². The Balaban J connectivity index is 0.000000490. The van der Waals surface area contributed by atoms with Gasteiger partial charge in [-0.15, -0.1) is 0 Å². The molecule has 1 fully saturated rings. The predicted molar refractivity (Wildman–Crippen MR) is 31.3 cm³/mol. The van der Waals surface area contributed by atoms with Crippen LogP contribution >= 0.6 is 0 Å². The van der Waals surface area contributed by atoms with E-state index in [1.54, 1.807) is 0 Å². The van der Waals surface area contributed by atoms with Crippen LogP contribution in [0.15, 0.2) is 0 Å². The third-order valence-corrected chi connectivity index (χ3v) is 1.89. The Kier molecular flexibility index (Phi) is 3.70. The minimum Gasteiger partial charge on any atom is -0.304 e. The Bertz CT molecular complexity index is 57.5. The van der Waals surface area contributed by atoms with Gasteiger partial charge in [0.2, 0.25) is 0 Å². The maximum absolute atomic E-state index is 2.40. The second-order valence-electron chi connectivity index (χ2n) is 2.47. The van der Waals surface area contributed by atoms with Gasteiger partial charge in [0.1, 0.15) is 0 Å². The molecule has 1 atom stereocenters. The molecular weight excluding hydrogens is 150 g/mol. The van der Waals surface area contributed by atoms with E-state index in [1.165, 1.54) is 19.4 Å². The minimum absolute atomic E-state index is 0. The van der Waals surface area contributed by atoms with E-state index in [1.807, 2.05) is 0 Å². The van der Waals surface area contributed by atoms with E-state index >= 15 is 0 Å². The molecule has 1 aliphatic heterocycles. The van der Waals surface area contributed by atoms with Crippen LogP contribution in [-0.2, 0) is 17.1 Å². The average Bonchev–Trinajstić information content (AvgIpc) is 1.91. The van der Waals surface area contributed by atoms with Gasteiger partial charge in [0.25, 0.3) is 0 Å². The molecule has 1 nitrogen and oxygen atoms in total. The molecule has 0 aliphatic carbocycles. The fourth-order valence-corrected chi connectivity index (χ4v) is 1.08. The van der Waals surface area contributed by atoms with Crippen LogP contribution in [-0.4, -0.2) is 24.5 Å². The van der Waals surface area contributed by atoms with Gasteiger partial charge in [0.15, 0.2) is 0 Å². The Hall–Kier alpha value is 0.479. The van der Waals surface area contributed by atoms with Gasteiger partial charge in [-0.1, -0.05) is 0 Å². The topological polar surface area (TPSA) is 3.24 Å². The largest absolute Gasteiger partial charge is 0.304 e. The SMILES string of the molecule is CC1CCCN1C.[Cu]. The summed E-state index contributed by atoms with van der Waals surface area (Å²) in [4.78, 5) is 2.40. The Morgan fingerprint density at radius 3 is 2.25 bits per heavy atom. The zero-order valence-electron chi connectivity index (χ0n) is 5.45. The molecule has 2 heteroatoms. The Morgan fingerprint density at radius 1 is 1.50 bits per heavy atom. The summed E-state index contributed by atoms with van der Waals surface area (Å²) in [6, 6.07) is 0.847. The summed E-state index contributed by atoms with van der Waals surface area (Å²) < 4.78 is 0. The van der Waals surface area contributed by atoms with Crippen LogP contribution in [0.25, 0.3) is 0 Å². The van der Waals surface area contributed by atoms with Crippen molar-refractivity contribution in [3.63, 3.8) is 0 Å². The Labute approximate surface area is 61.9 Å². The van der Waals surface area contributed by atoms with E-state index in [2.05, 4.69) is 18.9 Å². The molecule has 0 aromatic carbocycles. The smallest absolute Gasteiger partial charge is 0.00643 e. The molecule has 1 rings (SSSR count). The molecule has 0 bridgehead atoms. The van der Waals surface area contributed by atoms with E-state index in [-0.39, 0.29) is 17.1 Å². The molecule has 1 heterocycles. The van der Waals surface area contributed by atoms with Gasteiger partial charge in [-0.05, 0) is 33.4 Å². The zero-order valence-corrected chi connectivity index (χ0v) is 6.39. The van der Waals surface area contributed by atoms with Crippen LogP contribution in [0.3, 0.4) is 0 Å². The second-order valence-corrected chi connectivity index (χ2v) is 2.47. The average molecular weight is 163 g/mol. The van der Waals surface area contributed by atoms with Gasteiger partial charge in [0, 0.05) is 23.1 Å². The first kappa shape index (κ1) is 8.48. The van der Waals surface area contributed by atoms with Crippen LogP contribution in [0.2, 0.25) is 0 Å². The first-order chi connectivity index (χ1) is 3.30. The van der Waals surface area contributed by atoms with Crippen molar-refractivity contribution in [1.82, 2.24) is 4.90 Å². The van der Waals surface area contributed by atoms with Crippen molar-refractivity contribution in [3.8, 4) is 0 Å².